The first-order valence-corrected chi connectivity index (χ1v) is 10.1. The lowest BCUT2D eigenvalue weighted by molar-refractivity contribution is 0.116. The highest BCUT2D eigenvalue weighted by Crippen LogP contribution is 2.35. The van der Waals surface area contributed by atoms with Gasteiger partial charge in [0, 0.05) is 11.1 Å². The molecule has 1 aliphatic rings. The SMILES string of the molecule is O=S(=O)(C1CC1)N(Cc1cc(-c2nnc(C(F)F)o2)no1)c1cccc(Cl)c1. The van der Waals surface area contributed by atoms with Crippen LogP contribution in [0, 0.1) is 0 Å². The van der Waals surface area contributed by atoms with Gasteiger partial charge in [0.25, 0.3) is 11.8 Å². The predicted octanol–water partition coefficient (Wildman–Crippen LogP) is 3.81. The Bertz CT molecular complexity index is 1100. The van der Waals surface area contributed by atoms with Gasteiger partial charge in [0.05, 0.1) is 17.5 Å². The lowest BCUT2D eigenvalue weighted by atomic mass is 10.3. The van der Waals surface area contributed by atoms with Gasteiger partial charge in [0.1, 0.15) is 0 Å². The average molecular weight is 431 g/mol. The van der Waals surface area contributed by atoms with Crippen LogP contribution < -0.4 is 4.31 Å². The van der Waals surface area contributed by atoms with E-state index in [0.717, 1.165) is 0 Å². The summed E-state index contributed by atoms with van der Waals surface area (Å²) >= 11 is 6.00. The number of rotatable bonds is 7. The molecule has 28 heavy (non-hydrogen) atoms. The zero-order chi connectivity index (χ0) is 19.9. The van der Waals surface area contributed by atoms with Gasteiger partial charge >= 0.3 is 6.43 Å². The molecule has 2 heterocycles. The average Bonchev–Trinajstić information content (AvgIpc) is 3.22. The van der Waals surface area contributed by atoms with E-state index in [1.165, 1.54) is 16.4 Å². The molecular weight excluding hydrogens is 418 g/mol. The Morgan fingerprint density at radius 1 is 1.25 bits per heavy atom. The summed E-state index contributed by atoms with van der Waals surface area (Å²) in [5.74, 6) is -0.905. The molecule has 1 saturated carbocycles. The molecule has 8 nitrogen and oxygen atoms in total. The van der Waals surface area contributed by atoms with E-state index in [1.807, 2.05) is 0 Å². The van der Waals surface area contributed by atoms with Gasteiger partial charge in [-0.15, -0.1) is 10.2 Å². The molecule has 0 N–H and O–H groups in total. The molecule has 4 rings (SSSR count). The van der Waals surface area contributed by atoms with Crippen molar-refractivity contribution in [2.45, 2.75) is 31.1 Å². The van der Waals surface area contributed by atoms with Crippen LogP contribution >= 0.6 is 11.6 Å². The molecule has 0 aliphatic heterocycles. The quantitative estimate of drug-likeness (QED) is 0.561. The van der Waals surface area contributed by atoms with E-state index < -0.39 is 27.6 Å². The summed E-state index contributed by atoms with van der Waals surface area (Å²) in [6.07, 6.45) is -1.74. The third-order valence-electron chi connectivity index (χ3n) is 4.05. The monoisotopic (exact) mass is 430 g/mol. The molecule has 1 fully saturated rings. The molecule has 2 aromatic heterocycles. The number of aromatic nitrogens is 3. The van der Waals surface area contributed by atoms with E-state index in [2.05, 4.69) is 15.4 Å². The highest BCUT2D eigenvalue weighted by Gasteiger charge is 2.41. The Kier molecular flexibility index (Phi) is 4.79. The Morgan fingerprint density at radius 2 is 2.04 bits per heavy atom. The predicted molar refractivity (Wildman–Crippen MR) is 94.3 cm³/mol. The first kappa shape index (κ1) is 18.8. The fourth-order valence-electron chi connectivity index (χ4n) is 2.56. The lowest BCUT2D eigenvalue weighted by Gasteiger charge is -2.23. The summed E-state index contributed by atoms with van der Waals surface area (Å²) in [5.41, 5.74) is 0.416. The van der Waals surface area contributed by atoms with Crippen LogP contribution in [0.25, 0.3) is 11.6 Å². The van der Waals surface area contributed by atoms with E-state index in [9.17, 15) is 17.2 Å². The van der Waals surface area contributed by atoms with E-state index in [1.54, 1.807) is 18.2 Å². The van der Waals surface area contributed by atoms with Crippen molar-refractivity contribution in [2.75, 3.05) is 4.31 Å². The van der Waals surface area contributed by atoms with Crippen LogP contribution in [-0.2, 0) is 16.6 Å². The van der Waals surface area contributed by atoms with Gasteiger partial charge in [-0.2, -0.15) is 8.78 Å². The molecule has 0 bridgehead atoms. The van der Waals surface area contributed by atoms with E-state index in [-0.39, 0.29) is 23.9 Å². The number of halogens is 3. The molecule has 1 aliphatic carbocycles. The largest absolute Gasteiger partial charge is 0.413 e. The van der Waals surface area contributed by atoms with Crippen LogP contribution in [0.2, 0.25) is 5.02 Å². The van der Waals surface area contributed by atoms with Crippen LogP contribution in [0.15, 0.2) is 39.3 Å². The maximum Gasteiger partial charge on any atom is 0.314 e. The molecule has 3 aromatic rings. The van der Waals surface area contributed by atoms with Crippen molar-refractivity contribution in [3.05, 3.63) is 47.0 Å². The molecule has 0 spiro atoms. The minimum atomic E-state index is -3.62. The summed E-state index contributed by atoms with van der Waals surface area (Å²) in [5, 5.41) is 10.3. The van der Waals surface area contributed by atoms with Crippen molar-refractivity contribution in [3.8, 4) is 11.6 Å². The number of benzene rings is 1. The fraction of sp³-hybridized carbons (Fsp3) is 0.312. The molecule has 0 atom stereocenters. The third-order valence-corrected chi connectivity index (χ3v) is 6.56. The minimum absolute atomic E-state index is 0.0317. The van der Waals surface area contributed by atoms with E-state index in [0.29, 0.717) is 23.6 Å². The smallest absolute Gasteiger partial charge is 0.314 e. The first-order valence-electron chi connectivity index (χ1n) is 8.19. The minimum Gasteiger partial charge on any atom is -0.413 e. The first-order chi connectivity index (χ1) is 13.3. The Labute approximate surface area is 163 Å². The summed E-state index contributed by atoms with van der Waals surface area (Å²) < 4.78 is 62.1. The molecule has 0 unspecified atom stereocenters. The van der Waals surface area contributed by atoms with Crippen molar-refractivity contribution < 1.29 is 26.1 Å². The molecule has 0 amide bonds. The Balaban J connectivity index is 1.63. The van der Waals surface area contributed by atoms with Crippen LogP contribution in [-0.4, -0.2) is 29.0 Å². The second kappa shape index (κ2) is 7.13. The number of hydrogen-bond acceptors (Lipinski definition) is 7. The van der Waals surface area contributed by atoms with Gasteiger partial charge in [0.15, 0.2) is 11.5 Å². The van der Waals surface area contributed by atoms with Crippen LogP contribution in [0.1, 0.15) is 30.9 Å². The van der Waals surface area contributed by atoms with Crippen LogP contribution in [0.5, 0.6) is 0 Å². The van der Waals surface area contributed by atoms with Gasteiger partial charge in [-0.1, -0.05) is 22.8 Å². The second-order valence-electron chi connectivity index (χ2n) is 6.16. The van der Waals surface area contributed by atoms with Crippen LogP contribution in [0.4, 0.5) is 14.5 Å². The van der Waals surface area contributed by atoms with Crippen molar-refractivity contribution in [3.63, 3.8) is 0 Å². The number of hydrogen-bond donors (Lipinski definition) is 0. The lowest BCUT2D eigenvalue weighted by Crippen LogP contribution is -2.33. The standard InChI is InChI=1S/C16H13ClF2N4O4S/c17-9-2-1-3-10(6-9)23(28(24,25)12-4-5-12)8-11-7-13(22-27-11)15-20-21-16(26-15)14(18)19/h1-3,6-7,12,14H,4-5,8H2. The summed E-state index contributed by atoms with van der Waals surface area (Å²) in [6.45, 7) is -0.151. The van der Waals surface area contributed by atoms with E-state index in [4.69, 9.17) is 20.5 Å². The molecule has 148 valence electrons. The normalized spacial score (nSPS) is 14.6. The zero-order valence-corrected chi connectivity index (χ0v) is 15.7. The van der Waals surface area contributed by atoms with Crippen molar-refractivity contribution in [2.24, 2.45) is 0 Å². The van der Waals surface area contributed by atoms with Crippen LogP contribution in [0.3, 0.4) is 0 Å². The Morgan fingerprint density at radius 3 is 2.68 bits per heavy atom. The molecular formula is C16H13ClF2N4O4S. The van der Waals surface area contributed by atoms with Gasteiger partial charge < -0.3 is 8.94 Å². The third kappa shape index (κ3) is 3.72. The fourth-order valence-corrected chi connectivity index (χ4v) is 4.55. The van der Waals surface area contributed by atoms with Gasteiger partial charge in [-0.05, 0) is 31.0 Å². The zero-order valence-electron chi connectivity index (χ0n) is 14.1. The van der Waals surface area contributed by atoms with E-state index >= 15 is 0 Å². The summed E-state index contributed by atoms with van der Waals surface area (Å²) in [6, 6.07) is 7.79. The highest BCUT2D eigenvalue weighted by atomic mass is 35.5. The molecule has 1 aromatic carbocycles. The van der Waals surface area contributed by atoms with Gasteiger partial charge in [0.2, 0.25) is 10.0 Å². The number of anilines is 1. The maximum absolute atomic E-state index is 12.9. The topological polar surface area (TPSA) is 102 Å². The maximum atomic E-state index is 12.9. The molecule has 0 saturated heterocycles. The second-order valence-corrected chi connectivity index (χ2v) is 8.73. The molecule has 12 heteroatoms. The number of sulfonamides is 1. The number of nitrogens with zero attached hydrogens (tertiary/aromatic N) is 4. The molecule has 0 radical (unpaired) electrons. The van der Waals surface area contributed by atoms with Crippen molar-refractivity contribution in [1.29, 1.82) is 0 Å². The van der Waals surface area contributed by atoms with Crippen molar-refractivity contribution in [1.82, 2.24) is 15.4 Å². The van der Waals surface area contributed by atoms with Crippen molar-refractivity contribution >= 4 is 27.3 Å². The van der Waals surface area contributed by atoms with Gasteiger partial charge in [-0.3, -0.25) is 4.31 Å². The number of alkyl halides is 2. The highest BCUT2D eigenvalue weighted by molar-refractivity contribution is 7.93. The van der Waals surface area contributed by atoms with Gasteiger partial charge in [-0.25, -0.2) is 8.42 Å². The Hall–Kier alpha value is -2.53. The summed E-state index contributed by atoms with van der Waals surface area (Å²) in [7, 11) is -3.62. The summed E-state index contributed by atoms with van der Waals surface area (Å²) in [4.78, 5) is 0.